The van der Waals surface area contributed by atoms with E-state index >= 15 is 0 Å². The van der Waals surface area contributed by atoms with E-state index in [1.165, 1.54) is 11.6 Å². The number of halogens is 1. The summed E-state index contributed by atoms with van der Waals surface area (Å²) in [7, 11) is 0. The molecule has 0 radical (unpaired) electrons. The van der Waals surface area contributed by atoms with Gasteiger partial charge in [0.25, 0.3) is 0 Å². The molecule has 1 fully saturated rings. The highest BCUT2D eigenvalue weighted by molar-refractivity contribution is 5.94. The van der Waals surface area contributed by atoms with Gasteiger partial charge in [0.05, 0.1) is 23.8 Å². The van der Waals surface area contributed by atoms with Gasteiger partial charge >= 0.3 is 0 Å². The van der Waals surface area contributed by atoms with Gasteiger partial charge in [-0.15, -0.1) is 0 Å². The Hall–Kier alpha value is -3.88. The molecule has 1 saturated heterocycles. The molecule has 6 rings (SSSR count). The number of anilines is 2. The molecule has 5 aromatic rings. The van der Waals surface area contributed by atoms with E-state index in [1.54, 1.807) is 18.5 Å². The Kier molecular flexibility index (Phi) is 6.04. The van der Waals surface area contributed by atoms with E-state index in [-0.39, 0.29) is 5.82 Å². The second kappa shape index (κ2) is 9.64. The van der Waals surface area contributed by atoms with Crippen LogP contribution in [-0.2, 0) is 13.1 Å². The molecule has 3 N–H and O–H groups in total. The van der Waals surface area contributed by atoms with E-state index in [1.807, 2.05) is 35.1 Å². The van der Waals surface area contributed by atoms with Crippen molar-refractivity contribution in [2.45, 2.75) is 32.0 Å². The Morgan fingerprint density at radius 3 is 2.69 bits per heavy atom. The molecule has 0 bridgehead atoms. The molecule has 0 atom stereocenters. The summed E-state index contributed by atoms with van der Waals surface area (Å²) in [5.74, 6) is 0.548. The highest BCUT2D eigenvalue weighted by Crippen LogP contribution is 2.29. The lowest BCUT2D eigenvalue weighted by Crippen LogP contribution is -2.39. The first-order chi connectivity index (χ1) is 17.6. The molecule has 2 aromatic heterocycles. The molecule has 0 aliphatic carbocycles. The van der Waals surface area contributed by atoms with Gasteiger partial charge < -0.3 is 11.1 Å². The highest BCUT2D eigenvalue weighted by Gasteiger charge is 2.18. The normalized spacial score (nSPS) is 15.1. The lowest BCUT2D eigenvalue weighted by atomic mass is 10.0. The first-order valence-corrected chi connectivity index (χ1v) is 12.3. The first kappa shape index (κ1) is 22.6. The van der Waals surface area contributed by atoms with Crippen LogP contribution < -0.4 is 11.1 Å². The molecule has 1 aliphatic heterocycles. The van der Waals surface area contributed by atoms with Gasteiger partial charge in [-0.2, -0.15) is 5.10 Å². The Morgan fingerprint density at radius 2 is 1.83 bits per heavy atom. The van der Waals surface area contributed by atoms with Gasteiger partial charge in [-0.25, -0.2) is 14.4 Å². The number of nitrogens with two attached hydrogens (primary N) is 1. The highest BCUT2D eigenvalue weighted by atomic mass is 19.1. The van der Waals surface area contributed by atoms with E-state index in [4.69, 9.17) is 5.73 Å². The topological polar surface area (TPSA) is 84.9 Å². The molecule has 0 spiro atoms. The van der Waals surface area contributed by atoms with E-state index in [2.05, 4.69) is 43.5 Å². The molecule has 182 valence electrons. The number of aromatic nitrogens is 4. The number of piperidine rings is 1. The standard InChI is InChI=1S/C28H28FN7/c29-22-5-1-3-19(13-22)16-36-26-8-7-24(14-21(26)15-33-36)34-28-27-20(4-2-6-25(27)31-18-32-28)17-35-11-9-23(30)10-12-35/h1-8,13-15,18,23H,9-12,16-17,30H2,(H,31,32,34). The fraction of sp³-hybridized carbons (Fsp3) is 0.250. The fourth-order valence-electron chi connectivity index (χ4n) is 5.00. The van der Waals surface area contributed by atoms with Crippen molar-refractivity contribution in [1.29, 1.82) is 0 Å². The number of nitrogens with one attached hydrogen (secondary N) is 1. The number of benzene rings is 3. The summed E-state index contributed by atoms with van der Waals surface area (Å²) in [6, 6.07) is 19.3. The van der Waals surface area contributed by atoms with Crippen molar-refractivity contribution in [3.05, 3.63) is 90.1 Å². The third-order valence-electron chi connectivity index (χ3n) is 6.90. The van der Waals surface area contributed by atoms with Crippen LogP contribution in [0, 0.1) is 5.82 Å². The van der Waals surface area contributed by atoms with Crippen LogP contribution >= 0.6 is 0 Å². The Labute approximate surface area is 208 Å². The number of likely N-dealkylation sites (tertiary alicyclic amines) is 1. The van der Waals surface area contributed by atoms with Crippen molar-refractivity contribution in [3.8, 4) is 0 Å². The van der Waals surface area contributed by atoms with Crippen molar-refractivity contribution in [3.63, 3.8) is 0 Å². The molecule has 8 heteroatoms. The summed E-state index contributed by atoms with van der Waals surface area (Å²) in [5, 5.41) is 10.1. The summed E-state index contributed by atoms with van der Waals surface area (Å²) < 4.78 is 15.5. The maximum absolute atomic E-state index is 13.6. The molecule has 36 heavy (non-hydrogen) atoms. The molecule has 0 saturated carbocycles. The van der Waals surface area contributed by atoms with Gasteiger partial charge in [-0.3, -0.25) is 9.58 Å². The molecular weight excluding hydrogens is 453 g/mol. The Bertz CT molecular complexity index is 1520. The third kappa shape index (κ3) is 4.65. The molecule has 7 nitrogen and oxygen atoms in total. The minimum Gasteiger partial charge on any atom is -0.340 e. The van der Waals surface area contributed by atoms with Crippen molar-refractivity contribution in [2.24, 2.45) is 5.73 Å². The molecule has 0 amide bonds. The monoisotopic (exact) mass is 481 g/mol. The van der Waals surface area contributed by atoms with Crippen LogP contribution in [0.4, 0.5) is 15.9 Å². The van der Waals surface area contributed by atoms with Crippen molar-refractivity contribution in [1.82, 2.24) is 24.6 Å². The first-order valence-electron chi connectivity index (χ1n) is 12.3. The zero-order valence-electron chi connectivity index (χ0n) is 19.9. The molecule has 0 unspecified atom stereocenters. The van der Waals surface area contributed by atoms with Crippen LogP contribution in [0.2, 0.25) is 0 Å². The number of hydrogen-bond donors (Lipinski definition) is 2. The lowest BCUT2D eigenvalue weighted by molar-refractivity contribution is 0.206. The summed E-state index contributed by atoms with van der Waals surface area (Å²) in [5.41, 5.74) is 11.0. The Morgan fingerprint density at radius 1 is 0.972 bits per heavy atom. The van der Waals surface area contributed by atoms with E-state index in [0.29, 0.717) is 12.6 Å². The maximum Gasteiger partial charge on any atom is 0.142 e. The van der Waals surface area contributed by atoms with E-state index in [9.17, 15) is 4.39 Å². The van der Waals surface area contributed by atoms with Gasteiger partial charge in [0, 0.05) is 29.0 Å². The molecule has 3 heterocycles. The fourth-order valence-corrected chi connectivity index (χ4v) is 5.00. The van der Waals surface area contributed by atoms with Gasteiger partial charge in [-0.05, 0) is 73.5 Å². The van der Waals surface area contributed by atoms with Gasteiger partial charge in [0.1, 0.15) is 18.0 Å². The van der Waals surface area contributed by atoms with Crippen LogP contribution in [0.1, 0.15) is 24.0 Å². The second-order valence-electron chi connectivity index (χ2n) is 9.48. The smallest absolute Gasteiger partial charge is 0.142 e. The molecule has 3 aromatic carbocycles. The van der Waals surface area contributed by atoms with Crippen molar-refractivity contribution < 1.29 is 4.39 Å². The number of rotatable bonds is 6. The lowest BCUT2D eigenvalue weighted by Gasteiger charge is -2.30. The van der Waals surface area contributed by atoms with E-state index < -0.39 is 0 Å². The van der Waals surface area contributed by atoms with Crippen LogP contribution in [0.3, 0.4) is 0 Å². The summed E-state index contributed by atoms with van der Waals surface area (Å²) in [6.45, 7) is 3.36. The number of nitrogens with zero attached hydrogens (tertiary/aromatic N) is 5. The zero-order valence-corrected chi connectivity index (χ0v) is 19.9. The summed E-state index contributed by atoms with van der Waals surface area (Å²) in [4.78, 5) is 11.6. The summed E-state index contributed by atoms with van der Waals surface area (Å²) >= 11 is 0. The quantitative estimate of drug-likeness (QED) is 0.361. The van der Waals surface area contributed by atoms with Crippen molar-refractivity contribution in [2.75, 3.05) is 18.4 Å². The number of hydrogen-bond acceptors (Lipinski definition) is 6. The zero-order chi connectivity index (χ0) is 24.5. The molecular formula is C28H28FN7. The largest absolute Gasteiger partial charge is 0.340 e. The predicted molar refractivity (Wildman–Crippen MR) is 141 cm³/mol. The van der Waals surface area contributed by atoms with Crippen LogP contribution in [0.5, 0.6) is 0 Å². The second-order valence-corrected chi connectivity index (χ2v) is 9.48. The van der Waals surface area contributed by atoms with Gasteiger partial charge in [-0.1, -0.05) is 24.3 Å². The molecule has 1 aliphatic rings. The van der Waals surface area contributed by atoms with Crippen molar-refractivity contribution >= 4 is 33.3 Å². The SMILES string of the molecule is NC1CCN(Cc2cccc3ncnc(Nc4ccc5c(cnn5Cc5cccc(F)c5)c4)c23)CC1. The van der Waals surface area contributed by atoms with Gasteiger partial charge in [0.15, 0.2) is 0 Å². The Balaban J connectivity index is 1.28. The van der Waals surface area contributed by atoms with Crippen LogP contribution in [0.25, 0.3) is 21.8 Å². The minimum atomic E-state index is -0.240. The van der Waals surface area contributed by atoms with Crippen LogP contribution in [0.15, 0.2) is 73.2 Å². The summed E-state index contributed by atoms with van der Waals surface area (Å²) in [6.07, 6.45) is 5.49. The van der Waals surface area contributed by atoms with Gasteiger partial charge in [0.2, 0.25) is 0 Å². The third-order valence-corrected chi connectivity index (χ3v) is 6.90. The average molecular weight is 482 g/mol. The van der Waals surface area contributed by atoms with E-state index in [0.717, 1.165) is 71.4 Å². The van der Waals surface area contributed by atoms with Crippen LogP contribution in [-0.4, -0.2) is 43.8 Å². The predicted octanol–water partition coefficient (Wildman–Crippen LogP) is 4.83. The minimum absolute atomic E-state index is 0.240. The number of fused-ring (bicyclic) bond motifs is 2. The average Bonchev–Trinajstić information content (AvgIpc) is 3.27. The maximum atomic E-state index is 13.6.